The summed E-state index contributed by atoms with van der Waals surface area (Å²) in [5, 5.41) is 16.3. The molecule has 4 bridgehead atoms. The molecule has 1 aliphatic rings. The quantitative estimate of drug-likeness (QED) is 0.663. The van der Waals surface area contributed by atoms with Crippen LogP contribution in [0.25, 0.3) is 0 Å². The Morgan fingerprint density at radius 2 is 2.03 bits per heavy atom. The summed E-state index contributed by atoms with van der Waals surface area (Å²) in [5.41, 5.74) is 0.991. The molecule has 3 rings (SSSR count). The van der Waals surface area contributed by atoms with Crippen LogP contribution in [0.3, 0.4) is 0 Å². The third-order valence-electron chi connectivity index (χ3n) is 4.94. The molecule has 2 heterocycles. The fourth-order valence-corrected chi connectivity index (χ4v) is 3.14. The van der Waals surface area contributed by atoms with Crippen molar-refractivity contribution in [2.45, 2.75) is 58.3 Å². The SMILES string of the molecule is CCCC[C@@H]1NC(=O)c2cccc(c2)OCCn2cc(nn2)CNC(=O)[C@@H](C)NC1=O. The lowest BCUT2D eigenvalue weighted by molar-refractivity contribution is -0.129. The summed E-state index contributed by atoms with van der Waals surface area (Å²) >= 11 is 0. The van der Waals surface area contributed by atoms with Crippen molar-refractivity contribution in [3.8, 4) is 5.75 Å². The number of amides is 3. The van der Waals surface area contributed by atoms with Gasteiger partial charge in [0.15, 0.2) is 0 Å². The number of rotatable bonds is 3. The summed E-state index contributed by atoms with van der Waals surface area (Å²) in [7, 11) is 0. The smallest absolute Gasteiger partial charge is 0.252 e. The van der Waals surface area contributed by atoms with E-state index in [1.165, 1.54) is 0 Å². The Morgan fingerprint density at radius 1 is 1.19 bits per heavy atom. The zero-order chi connectivity index (χ0) is 22.2. The number of ether oxygens (including phenoxy) is 1. The van der Waals surface area contributed by atoms with Crippen molar-refractivity contribution in [1.29, 1.82) is 0 Å². The van der Waals surface area contributed by atoms with Gasteiger partial charge in [-0.1, -0.05) is 31.0 Å². The second kappa shape index (κ2) is 10.6. The zero-order valence-electron chi connectivity index (χ0n) is 17.8. The molecule has 0 radical (unpaired) electrons. The first-order valence-corrected chi connectivity index (χ1v) is 10.5. The van der Waals surface area contributed by atoms with Crippen LogP contribution >= 0.6 is 0 Å². The first-order valence-electron chi connectivity index (χ1n) is 10.5. The Kier molecular flexibility index (Phi) is 7.58. The third kappa shape index (κ3) is 6.27. The normalized spacial score (nSPS) is 20.5. The minimum atomic E-state index is -0.765. The van der Waals surface area contributed by atoms with E-state index in [1.807, 2.05) is 6.92 Å². The van der Waals surface area contributed by atoms with Crippen LogP contribution < -0.4 is 20.7 Å². The van der Waals surface area contributed by atoms with E-state index in [0.29, 0.717) is 36.6 Å². The van der Waals surface area contributed by atoms with E-state index in [0.717, 1.165) is 12.8 Å². The summed E-state index contributed by atoms with van der Waals surface area (Å²) in [6.45, 7) is 4.59. The molecule has 0 saturated heterocycles. The predicted octanol–water partition coefficient (Wildman–Crippen LogP) is 0.780. The molecule has 3 amide bonds. The predicted molar refractivity (Wildman–Crippen MR) is 112 cm³/mol. The standard InChI is InChI=1S/C21H28N6O4/c1-3-4-8-18-21(30)23-14(2)19(28)22-12-16-13-27(26-25-16)9-10-31-17-7-5-6-15(11-17)20(29)24-18/h5-7,11,13-14,18H,3-4,8-10,12H2,1-2H3,(H,22,28)(H,23,30)(H,24,29)/t14-,18+/m1/s1. The molecule has 1 aromatic heterocycles. The Morgan fingerprint density at radius 3 is 2.84 bits per heavy atom. The fraction of sp³-hybridized carbons (Fsp3) is 0.476. The summed E-state index contributed by atoms with van der Waals surface area (Å²) in [5.74, 6) is -0.574. The maximum Gasteiger partial charge on any atom is 0.252 e. The molecule has 2 aromatic rings. The van der Waals surface area contributed by atoms with Crippen molar-refractivity contribution >= 4 is 17.7 Å². The number of nitrogens with one attached hydrogen (secondary N) is 3. The molecule has 0 aliphatic carbocycles. The van der Waals surface area contributed by atoms with Gasteiger partial charge in [0.25, 0.3) is 5.91 Å². The van der Waals surface area contributed by atoms with E-state index >= 15 is 0 Å². The van der Waals surface area contributed by atoms with Gasteiger partial charge in [-0.25, -0.2) is 4.68 Å². The van der Waals surface area contributed by atoms with Gasteiger partial charge in [-0.15, -0.1) is 5.10 Å². The summed E-state index contributed by atoms with van der Waals surface area (Å²) in [6, 6.07) is 5.28. The minimum Gasteiger partial charge on any atom is -0.492 e. The first-order chi connectivity index (χ1) is 15.0. The molecule has 31 heavy (non-hydrogen) atoms. The van der Waals surface area contributed by atoms with E-state index in [1.54, 1.807) is 42.1 Å². The molecule has 3 N–H and O–H groups in total. The molecule has 10 heteroatoms. The lowest BCUT2D eigenvalue weighted by atomic mass is 10.1. The highest BCUT2D eigenvalue weighted by Gasteiger charge is 2.24. The average Bonchev–Trinajstić information content (AvgIpc) is 3.22. The highest BCUT2D eigenvalue weighted by atomic mass is 16.5. The number of carbonyl (C=O) groups excluding carboxylic acids is 3. The molecular formula is C21H28N6O4. The van der Waals surface area contributed by atoms with Gasteiger partial charge in [-0.2, -0.15) is 0 Å². The molecule has 1 aliphatic heterocycles. The topological polar surface area (TPSA) is 127 Å². The van der Waals surface area contributed by atoms with Crippen LogP contribution in [0.2, 0.25) is 0 Å². The highest BCUT2D eigenvalue weighted by Crippen LogP contribution is 2.14. The van der Waals surface area contributed by atoms with E-state index < -0.39 is 18.0 Å². The zero-order valence-corrected chi connectivity index (χ0v) is 17.8. The second-order valence-corrected chi connectivity index (χ2v) is 7.47. The van der Waals surface area contributed by atoms with Crippen LogP contribution in [0.5, 0.6) is 5.75 Å². The number of carbonyl (C=O) groups is 3. The van der Waals surface area contributed by atoms with Gasteiger partial charge >= 0.3 is 0 Å². The van der Waals surface area contributed by atoms with Crippen molar-refractivity contribution in [3.05, 3.63) is 41.7 Å². The van der Waals surface area contributed by atoms with Crippen LogP contribution in [0.15, 0.2) is 30.5 Å². The van der Waals surface area contributed by atoms with Crippen LogP contribution in [0.4, 0.5) is 0 Å². The molecule has 2 atom stereocenters. The van der Waals surface area contributed by atoms with Gasteiger partial charge < -0.3 is 20.7 Å². The van der Waals surface area contributed by atoms with Crippen LogP contribution in [0.1, 0.15) is 49.2 Å². The van der Waals surface area contributed by atoms with Gasteiger partial charge in [0.1, 0.15) is 30.1 Å². The van der Waals surface area contributed by atoms with Gasteiger partial charge in [-0.3, -0.25) is 14.4 Å². The minimum absolute atomic E-state index is 0.192. The average molecular weight is 428 g/mol. The lowest BCUT2D eigenvalue weighted by Gasteiger charge is -2.21. The Labute approximate surface area is 180 Å². The van der Waals surface area contributed by atoms with E-state index in [2.05, 4.69) is 26.3 Å². The number of benzene rings is 1. The van der Waals surface area contributed by atoms with Crippen molar-refractivity contribution in [2.75, 3.05) is 6.61 Å². The van der Waals surface area contributed by atoms with E-state index in [4.69, 9.17) is 4.74 Å². The van der Waals surface area contributed by atoms with E-state index in [9.17, 15) is 14.4 Å². The van der Waals surface area contributed by atoms with Crippen molar-refractivity contribution in [2.24, 2.45) is 0 Å². The molecule has 0 unspecified atom stereocenters. The number of aromatic nitrogens is 3. The largest absolute Gasteiger partial charge is 0.492 e. The van der Waals surface area contributed by atoms with Gasteiger partial charge in [-0.05, 0) is 31.5 Å². The molecule has 1 aromatic carbocycles. The summed E-state index contributed by atoms with van der Waals surface area (Å²) in [6.07, 6.45) is 3.83. The summed E-state index contributed by atoms with van der Waals surface area (Å²) < 4.78 is 7.35. The Balaban J connectivity index is 1.82. The highest BCUT2D eigenvalue weighted by molar-refractivity contribution is 5.98. The second-order valence-electron chi connectivity index (χ2n) is 7.47. The van der Waals surface area contributed by atoms with E-state index in [-0.39, 0.29) is 18.4 Å². The third-order valence-corrected chi connectivity index (χ3v) is 4.94. The van der Waals surface area contributed by atoms with Gasteiger partial charge in [0.05, 0.1) is 19.3 Å². The van der Waals surface area contributed by atoms with Crippen LogP contribution in [-0.2, 0) is 22.7 Å². The molecule has 10 nitrogen and oxygen atoms in total. The summed E-state index contributed by atoms with van der Waals surface area (Å²) in [4.78, 5) is 37.9. The maximum absolute atomic E-state index is 12.8. The first kappa shape index (κ1) is 22.3. The van der Waals surface area contributed by atoms with Crippen molar-refractivity contribution in [1.82, 2.24) is 30.9 Å². The van der Waals surface area contributed by atoms with Crippen molar-refractivity contribution < 1.29 is 19.1 Å². The van der Waals surface area contributed by atoms with Gasteiger partial charge in [0, 0.05) is 5.56 Å². The molecule has 0 saturated carbocycles. The van der Waals surface area contributed by atoms with Crippen LogP contribution in [0, 0.1) is 0 Å². The molecule has 166 valence electrons. The monoisotopic (exact) mass is 428 g/mol. The fourth-order valence-electron chi connectivity index (χ4n) is 3.14. The number of fused-ring (bicyclic) bond motifs is 4. The van der Waals surface area contributed by atoms with Gasteiger partial charge in [0.2, 0.25) is 11.8 Å². The molecule has 0 spiro atoms. The number of hydrogen-bond donors (Lipinski definition) is 3. The number of unbranched alkanes of at least 4 members (excludes halogenated alkanes) is 1. The number of nitrogens with zero attached hydrogens (tertiary/aromatic N) is 3. The Bertz CT molecular complexity index is 928. The van der Waals surface area contributed by atoms with Crippen molar-refractivity contribution in [3.63, 3.8) is 0 Å². The molecular weight excluding hydrogens is 400 g/mol. The lowest BCUT2D eigenvalue weighted by Crippen LogP contribution is -2.52. The molecule has 0 fully saturated rings. The number of hydrogen-bond acceptors (Lipinski definition) is 6. The maximum atomic E-state index is 12.8. The van der Waals surface area contributed by atoms with Crippen LogP contribution in [-0.4, -0.2) is 51.4 Å². The Hall–Kier alpha value is -3.43.